The van der Waals surface area contributed by atoms with Gasteiger partial charge in [-0.05, 0) is 25.7 Å². The summed E-state index contributed by atoms with van der Waals surface area (Å²) in [5, 5.41) is 19.3. The third-order valence-corrected chi connectivity index (χ3v) is 4.97. The molecule has 0 bridgehead atoms. The Kier molecular flexibility index (Phi) is 18.7. The zero-order chi connectivity index (χ0) is 19.5. The first-order valence-electron chi connectivity index (χ1n) is 11.1. The van der Waals surface area contributed by atoms with Gasteiger partial charge in [0.05, 0.1) is 12.2 Å². The zero-order valence-electron chi connectivity index (χ0n) is 17.4. The lowest BCUT2D eigenvalue weighted by Crippen LogP contribution is -2.17. The Hall–Kier alpha value is -0.610. The average Bonchev–Trinajstić information content (AvgIpc) is 2.64. The summed E-state index contributed by atoms with van der Waals surface area (Å²) in [7, 11) is 0. The summed E-state index contributed by atoms with van der Waals surface area (Å²) in [6.45, 7) is 4.22. The van der Waals surface area contributed by atoms with Crippen molar-refractivity contribution in [3.8, 4) is 0 Å². The number of esters is 1. The number of hydrogen-bond acceptors (Lipinski definition) is 4. The van der Waals surface area contributed by atoms with E-state index < -0.39 is 6.10 Å². The van der Waals surface area contributed by atoms with Crippen LogP contribution < -0.4 is 0 Å². The number of ether oxygens (including phenoxy) is 1. The molecule has 26 heavy (non-hydrogen) atoms. The van der Waals surface area contributed by atoms with Crippen molar-refractivity contribution >= 4 is 5.97 Å². The fourth-order valence-corrected chi connectivity index (χ4v) is 3.04. The molecule has 0 radical (unpaired) electrons. The van der Waals surface area contributed by atoms with Gasteiger partial charge in [0.25, 0.3) is 0 Å². The molecule has 0 aromatic heterocycles. The monoisotopic (exact) mass is 372 g/mol. The van der Waals surface area contributed by atoms with Crippen LogP contribution in [-0.4, -0.2) is 35.0 Å². The number of aliphatic hydroxyl groups is 2. The molecule has 0 saturated carbocycles. The molecule has 0 rings (SSSR count). The fraction of sp³-hybridized carbons (Fsp3) is 0.955. The first kappa shape index (κ1) is 25.4. The molecular weight excluding hydrogens is 328 g/mol. The molecule has 0 aromatic rings. The van der Waals surface area contributed by atoms with Crippen molar-refractivity contribution in [2.24, 2.45) is 0 Å². The van der Waals surface area contributed by atoms with Crippen molar-refractivity contribution in [1.82, 2.24) is 0 Å². The maximum absolute atomic E-state index is 11.5. The van der Waals surface area contributed by atoms with Gasteiger partial charge in [-0.1, -0.05) is 84.5 Å². The maximum atomic E-state index is 11.5. The molecule has 4 heteroatoms. The van der Waals surface area contributed by atoms with Gasteiger partial charge in [0.2, 0.25) is 0 Å². The van der Waals surface area contributed by atoms with Crippen LogP contribution in [0.25, 0.3) is 0 Å². The van der Waals surface area contributed by atoms with E-state index in [9.17, 15) is 15.0 Å². The zero-order valence-corrected chi connectivity index (χ0v) is 17.4. The van der Waals surface area contributed by atoms with Gasteiger partial charge in [-0.15, -0.1) is 0 Å². The molecule has 0 saturated heterocycles. The summed E-state index contributed by atoms with van der Waals surface area (Å²) in [4.78, 5) is 11.5. The van der Waals surface area contributed by atoms with Crippen molar-refractivity contribution in [1.29, 1.82) is 0 Å². The van der Waals surface area contributed by atoms with E-state index in [0.29, 0.717) is 12.8 Å². The van der Waals surface area contributed by atoms with Crippen LogP contribution in [0.2, 0.25) is 0 Å². The second kappa shape index (κ2) is 19.2. The summed E-state index contributed by atoms with van der Waals surface area (Å²) in [6, 6.07) is 0. The van der Waals surface area contributed by atoms with Crippen LogP contribution in [-0.2, 0) is 9.53 Å². The Bertz CT molecular complexity index is 307. The van der Waals surface area contributed by atoms with E-state index in [-0.39, 0.29) is 18.7 Å². The van der Waals surface area contributed by atoms with Gasteiger partial charge < -0.3 is 14.9 Å². The molecule has 2 unspecified atom stereocenters. The third kappa shape index (κ3) is 18.2. The van der Waals surface area contributed by atoms with Crippen LogP contribution in [0.4, 0.5) is 0 Å². The van der Waals surface area contributed by atoms with Crippen LogP contribution in [0.5, 0.6) is 0 Å². The predicted molar refractivity (Wildman–Crippen MR) is 108 cm³/mol. The molecule has 2 atom stereocenters. The van der Waals surface area contributed by atoms with Crippen LogP contribution in [0.15, 0.2) is 0 Å². The van der Waals surface area contributed by atoms with Gasteiger partial charge in [-0.2, -0.15) is 0 Å². The second-order valence-corrected chi connectivity index (χ2v) is 7.62. The molecule has 0 spiro atoms. The second-order valence-electron chi connectivity index (χ2n) is 7.62. The highest BCUT2D eigenvalue weighted by atomic mass is 16.5. The Morgan fingerprint density at radius 2 is 1.23 bits per heavy atom. The molecule has 0 aliphatic heterocycles. The topological polar surface area (TPSA) is 66.8 Å². The first-order chi connectivity index (χ1) is 12.6. The largest absolute Gasteiger partial charge is 0.463 e. The SMILES string of the molecule is CCCCCCCCC(O)CCCCCCCCC(=O)OCC(O)CC. The highest BCUT2D eigenvalue weighted by Crippen LogP contribution is 2.14. The predicted octanol–water partition coefficient (Wildman–Crippen LogP) is 5.53. The van der Waals surface area contributed by atoms with E-state index in [0.717, 1.165) is 44.9 Å². The smallest absolute Gasteiger partial charge is 0.305 e. The molecule has 0 fully saturated rings. The van der Waals surface area contributed by atoms with E-state index in [1.807, 2.05) is 6.92 Å². The number of carbonyl (C=O) groups is 1. The Morgan fingerprint density at radius 3 is 1.77 bits per heavy atom. The van der Waals surface area contributed by atoms with E-state index >= 15 is 0 Å². The maximum Gasteiger partial charge on any atom is 0.305 e. The van der Waals surface area contributed by atoms with Crippen molar-refractivity contribution in [2.45, 2.75) is 129 Å². The molecule has 0 aliphatic carbocycles. The van der Waals surface area contributed by atoms with Gasteiger partial charge in [-0.25, -0.2) is 0 Å². The van der Waals surface area contributed by atoms with E-state index in [1.165, 1.54) is 44.9 Å². The average molecular weight is 373 g/mol. The third-order valence-electron chi connectivity index (χ3n) is 4.97. The number of rotatable bonds is 19. The molecule has 2 N–H and O–H groups in total. The standard InChI is InChI=1S/C22H44O4/c1-3-5-6-7-10-13-16-21(24)17-14-11-8-9-12-15-18-22(25)26-19-20(23)4-2/h20-21,23-24H,3-19H2,1-2H3. The van der Waals surface area contributed by atoms with Gasteiger partial charge in [0, 0.05) is 6.42 Å². The van der Waals surface area contributed by atoms with E-state index in [4.69, 9.17) is 4.74 Å². The number of hydrogen-bond donors (Lipinski definition) is 2. The van der Waals surface area contributed by atoms with Crippen molar-refractivity contribution in [3.05, 3.63) is 0 Å². The van der Waals surface area contributed by atoms with Crippen molar-refractivity contribution in [3.63, 3.8) is 0 Å². The van der Waals surface area contributed by atoms with Gasteiger partial charge in [0.15, 0.2) is 0 Å². The van der Waals surface area contributed by atoms with Crippen molar-refractivity contribution in [2.75, 3.05) is 6.61 Å². The summed E-state index contributed by atoms with van der Waals surface area (Å²) in [5.74, 6) is -0.199. The normalized spacial score (nSPS) is 13.5. The van der Waals surface area contributed by atoms with Gasteiger partial charge >= 0.3 is 5.97 Å². The minimum Gasteiger partial charge on any atom is -0.463 e. The summed E-state index contributed by atoms with van der Waals surface area (Å²) in [5.41, 5.74) is 0. The fourth-order valence-electron chi connectivity index (χ4n) is 3.04. The van der Waals surface area contributed by atoms with Crippen LogP contribution in [0.3, 0.4) is 0 Å². The summed E-state index contributed by atoms with van der Waals surface area (Å²) >= 11 is 0. The molecule has 0 amide bonds. The van der Waals surface area contributed by atoms with Gasteiger partial charge in [-0.3, -0.25) is 4.79 Å². The summed E-state index contributed by atoms with van der Waals surface area (Å²) in [6.07, 6.45) is 16.5. The Labute approximate surface area is 161 Å². The molecule has 0 aromatic carbocycles. The number of unbranched alkanes of at least 4 members (excludes halogenated alkanes) is 10. The van der Waals surface area contributed by atoms with E-state index in [1.54, 1.807) is 0 Å². The molecular formula is C22H44O4. The lowest BCUT2D eigenvalue weighted by atomic mass is 10.0. The lowest BCUT2D eigenvalue weighted by molar-refractivity contribution is -0.146. The number of aliphatic hydroxyl groups excluding tert-OH is 2. The first-order valence-corrected chi connectivity index (χ1v) is 11.1. The van der Waals surface area contributed by atoms with Gasteiger partial charge in [0.1, 0.15) is 6.61 Å². The molecule has 4 nitrogen and oxygen atoms in total. The lowest BCUT2D eigenvalue weighted by Gasteiger charge is -2.10. The Balaban J connectivity index is 3.28. The van der Waals surface area contributed by atoms with Crippen LogP contribution in [0.1, 0.15) is 117 Å². The minimum atomic E-state index is -0.532. The van der Waals surface area contributed by atoms with Crippen LogP contribution >= 0.6 is 0 Å². The molecule has 156 valence electrons. The summed E-state index contributed by atoms with van der Waals surface area (Å²) < 4.78 is 5.01. The molecule has 0 aliphatic rings. The minimum absolute atomic E-state index is 0.116. The molecule has 0 heterocycles. The van der Waals surface area contributed by atoms with Crippen LogP contribution in [0, 0.1) is 0 Å². The quantitative estimate of drug-likeness (QED) is 0.231. The highest BCUT2D eigenvalue weighted by Gasteiger charge is 2.07. The highest BCUT2D eigenvalue weighted by molar-refractivity contribution is 5.69. The number of carbonyl (C=O) groups excluding carboxylic acids is 1. The van der Waals surface area contributed by atoms with E-state index in [2.05, 4.69) is 6.92 Å². The Morgan fingerprint density at radius 1 is 0.731 bits per heavy atom. The van der Waals surface area contributed by atoms with Crippen molar-refractivity contribution < 1.29 is 19.7 Å².